The van der Waals surface area contributed by atoms with Crippen molar-refractivity contribution >= 4 is 0 Å². The predicted octanol–water partition coefficient (Wildman–Crippen LogP) is 0.896. The second-order valence-electron chi connectivity index (χ2n) is 5.49. The molecule has 0 spiro atoms. The molecular formula is C16H27NO4. The van der Waals surface area contributed by atoms with Crippen LogP contribution < -0.4 is 5.32 Å². The van der Waals surface area contributed by atoms with E-state index < -0.39 is 11.6 Å². The van der Waals surface area contributed by atoms with Gasteiger partial charge in [-0.25, -0.2) is 0 Å². The Morgan fingerprint density at radius 3 is 2.48 bits per heavy atom. The molecule has 3 unspecified atom stereocenters. The second-order valence-corrected chi connectivity index (χ2v) is 5.49. The van der Waals surface area contributed by atoms with Crippen LogP contribution in [0.3, 0.4) is 0 Å². The van der Waals surface area contributed by atoms with Crippen LogP contribution in [-0.4, -0.2) is 55.9 Å². The number of rotatable bonds is 10. The van der Waals surface area contributed by atoms with E-state index in [1.54, 1.807) is 7.11 Å². The molecule has 5 heteroatoms. The Morgan fingerprint density at radius 1 is 1.24 bits per heavy atom. The van der Waals surface area contributed by atoms with Crippen LogP contribution in [0.25, 0.3) is 0 Å². The molecule has 0 heterocycles. The number of aliphatic hydroxyl groups excluding tert-OH is 2. The first-order valence-corrected chi connectivity index (χ1v) is 7.22. The minimum absolute atomic E-state index is 0.0509. The highest BCUT2D eigenvalue weighted by molar-refractivity contribution is 5.23. The van der Waals surface area contributed by atoms with E-state index in [-0.39, 0.29) is 19.3 Å². The molecular weight excluding hydrogens is 270 g/mol. The maximum Gasteiger partial charge on any atom is 0.0898 e. The summed E-state index contributed by atoms with van der Waals surface area (Å²) in [7, 11) is 1.62. The third kappa shape index (κ3) is 6.11. The van der Waals surface area contributed by atoms with E-state index in [0.717, 1.165) is 5.56 Å². The SMILES string of the molecule is COCC(C)OCC(O)CNC(C)(CO)c1ccccc1. The van der Waals surface area contributed by atoms with Crippen molar-refractivity contribution in [3.63, 3.8) is 0 Å². The minimum atomic E-state index is -0.640. The van der Waals surface area contributed by atoms with Gasteiger partial charge in [0.25, 0.3) is 0 Å². The Balaban J connectivity index is 2.44. The van der Waals surface area contributed by atoms with Crippen LogP contribution in [0.1, 0.15) is 19.4 Å². The molecule has 0 saturated heterocycles. The van der Waals surface area contributed by atoms with E-state index in [0.29, 0.717) is 13.2 Å². The van der Waals surface area contributed by atoms with Crippen LogP contribution in [0.15, 0.2) is 30.3 Å². The van der Waals surface area contributed by atoms with Crippen molar-refractivity contribution in [2.24, 2.45) is 0 Å². The zero-order chi connectivity index (χ0) is 15.7. The van der Waals surface area contributed by atoms with E-state index in [2.05, 4.69) is 5.32 Å². The summed E-state index contributed by atoms with van der Waals surface area (Å²) in [4.78, 5) is 0. The Hall–Kier alpha value is -0.980. The summed E-state index contributed by atoms with van der Waals surface area (Å²) >= 11 is 0. The summed E-state index contributed by atoms with van der Waals surface area (Å²) in [5.74, 6) is 0. The van der Waals surface area contributed by atoms with Crippen molar-refractivity contribution < 1.29 is 19.7 Å². The first-order chi connectivity index (χ1) is 10.0. The normalized spacial score (nSPS) is 17.2. The first-order valence-electron chi connectivity index (χ1n) is 7.22. The molecule has 3 N–H and O–H groups in total. The quantitative estimate of drug-likeness (QED) is 0.598. The van der Waals surface area contributed by atoms with Gasteiger partial charge in [0.15, 0.2) is 0 Å². The van der Waals surface area contributed by atoms with Crippen molar-refractivity contribution in [1.82, 2.24) is 5.32 Å². The number of aliphatic hydroxyl groups is 2. The van der Waals surface area contributed by atoms with Gasteiger partial charge < -0.3 is 25.0 Å². The van der Waals surface area contributed by atoms with Gasteiger partial charge in [-0.05, 0) is 19.4 Å². The molecule has 5 nitrogen and oxygen atoms in total. The number of ether oxygens (including phenoxy) is 2. The van der Waals surface area contributed by atoms with Gasteiger partial charge in [-0.3, -0.25) is 0 Å². The molecule has 0 bridgehead atoms. The molecule has 1 aromatic rings. The van der Waals surface area contributed by atoms with Gasteiger partial charge in [0.05, 0.1) is 37.6 Å². The fourth-order valence-corrected chi connectivity index (χ4v) is 2.02. The van der Waals surface area contributed by atoms with Gasteiger partial charge in [0.1, 0.15) is 0 Å². The maximum absolute atomic E-state index is 9.96. The summed E-state index contributed by atoms with van der Waals surface area (Å²) < 4.78 is 10.4. The number of methoxy groups -OCH3 is 1. The van der Waals surface area contributed by atoms with Crippen molar-refractivity contribution in [2.75, 3.05) is 33.5 Å². The number of hydrogen-bond donors (Lipinski definition) is 3. The summed E-state index contributed by atoms with van der Waals surface area (Å²) in [6.07, 6.45) is -0.693. The van der Waals surface area contributed by atoms with Crippen LogP contribution in [0, 0.1) is 0 Å². The number of benzene rings is 1. The van der Waals surface area contributed by atoms with Crippen molar-refractivity contribution in [3.8, 4) is 0 Å². The third-order valence-electron chi connectivity index (χ3n) is 3.43. The highest BCUT2D eigenvalue weighted by Crippen LogP contribution is 2.19. The lowest BCUT2D eigenvalue weighted by molar-refractivity contribution is -0.0333. The lowest BCUT2D eigenvalue weighted by Gasteiger charge is -2.30. The molecule has 0 radical (unpaired) electrons. The molecule has 1 rings (SSSR count). The molecule has 0 fully saturated rings. The number of hydrogen-bond acceptors (Lipinski definition) is 5. The van der Waals surface area contributed by atoms with Crippen LogP contribution in [0.5, 0.6) is 0 Å². The molecule has 0 aliphatic rings. The summed E-state index contributed by atoms with van der Waals surface area (Å²) in [6, 6.07) is 9.69. The van der Waals surface area contributed by atoms with Crippen LogP contribution in [0.4, 0.5) is 0 Å². The smallest absolute Gasteiger partial charge is 0.0898 e. The standard InChI is InChI=1S/C16H27NO4/c1-13(10-20-3)21-11-15(19)9-17-16(2,12-18)14-7-5-4-6-8-14/h4-8,13,15,17-19H,9-12H2,1-3H3. The summed E-state index contributed by atoms with van der Waals surface area (Å²) in [6.45, 7) is 4.82. The lowest BCUT2D eigenvalue weighted by atomic mass is 9.93. The number of nitrogens with one attached hydrogen (secondary N) is 1. The van der Waals surface area contributed by atoms with Crippen molar-refractivity contribution in [2.45, 2.75) is 31.6 Å². The third-order valence-corrected chi connectivity index (χ3v) is 3.43. The highest BCUT2D eigenvalue weighted by atomic mass is 16.5. The molecule has 0 aromatic heterocycles. The molecule has 0 saturated carbocycles. The summed E-state index contributed by atoms with van der Waals surface area (Å²) in [5, 5.41) is 22.8. The minimum Gasteiger partial charge on any atom is -0.394 e. The molecule has 21 heavy (non-hydrogen) atoms. The average Bonchev–Trinajstić information content (AvgIpc) is 2.51. The summed E-state index contributed by atoms with van der Waals surface area (Å²) in [5.41, 5.74) is 0.397. The van der Waals surface area contributed by atoms with Gasteiger partial charge in [-0.2, -0.15) is 0 Å². The van der Waals surface area contributed by atoms with Crippen LogP contribution >= 0.6 is 0 Å². The van der Waals surface area contributed by atoms with E-state index in [9.17, 15) is 10.2 Å². The molecule has 3 atom stereocenters. The van der Waals surface area contributed by atoms with E-state index in [4.69, 9.17) is 9.47 Å². The first kappa shape index (κ1) is 18.1. The van der Waals surface area contributed by atoms with Gasteiger partial charge in [-0.1, -0.05) is 30.3 Å². The van der Waals surface area contributed by atoms with Gasteiger partial charge in [0, 0.05) is 13.7 Å². The molecule has 1 aromatic carbocycles. The topological polar surface area (TPSA) is 71.0 Å². The molecule has 0 aliphatic carbocycles. The fourth-order valence-electron chi connectivity index (χ4n) is 2.02. The Labute approximate surface area is 126 Å². The Morgan fingerprint density at radius 2 is 1.90 bits per heavy atom. The second kappa shape index (κ2) is 9.12. The largest absolute Gasteiger partial charge is 0.394 e. The fraction of sp³-hybridized carbons (Fsp3) is 0.625. The lowest BCUT2D eigenvalue weighted by Crippen LogP contribution is -2.47. The van der Waals surface area contributed by atoms with E-state index in [1.165, 1.54) is 0 Å². The van der Waals surface area contributed by atoms with Gasteiger partial charge in [-0.15, -0.1) is 0 Å². The zero-order valence-corrected chi connectivity index (χ0v) is 13.1. The van der Waals surface area contributed by atoms with Crippen LogP contribution in [-0.2, 0) is 15.0 Å². The van der Waals surface area contributed by atoms with E-state index >= 15 is 0 Å². The maximum atomic E-state index is 9.96. The van der Waals surface area contributed by atoms with Crippen LogP contribution in [0.2, 0.25) is 0 Å². The molecule has 0 aliphatic heterocycles. The van der Waals surface area contributed by atoms with E-state index in [1.807, 2.05) is 44.2 Å². The monoisotopic (exact) mass is 297 g/mol. The van der Waals surface area contributed by atoms with Gasteiger partial charge in [0.2, 0.25) is 0 Å². The molecule has 0 amide bonds. The Bertz CT molecular complexity index is 387. The van der Waals surface area contributed by atoms with Gasteiger partial charge >= 0.3 is 0 Å². The van der Waals surface area contributed by atoms with Crippen molar-refractivity contribution in [3.05, 3.63) is 35.9 Å². The predicted molar refractivity (Wildman–Crippen MR) is 82.2 cm³/mol. The average molecular weight is 297 g/mol. The highest BCUT2D eigenvalue weighted by Gasteiger charge is 2.25. The molecule has 120 valence electrons. The van der Waals surface area contributed by atoms with Crippen molar-refractivity contribution in [1.29, 1.82) is 0 Å². The Kier molecular flexibility index (Phi) is 7.85. The zero-order valence-electron chi connectivity index (χ0n) is 13.1.